The predicted molar refractivity (Wildman–Crippen MR) is 83.4 cm³/mol. The summed E-state index contributed by atoms with van der Waals surface area (Å²) in [6.45, 7) is 3.92. The smallest absolute Gasteiger partial charge is 0.0643 e. The minimum Gasteiger partial charge on any atom is -0.393 e. The number of aliphatic hydroxyl groups excluding tert-OH is 1. The molecule has 2 N–H and O–H groups in total. The summed E-state index contributed by atoms with van der Waals surface area (Å²) in [7, 11) is 0. The molecule has 2 aliphatic rings. The molecule has 1 aromatic rings. The van der Waals surface area contributed by atoms with Gasteiger partial charge in [-0.25, -0.2) is 0 Å². The van der Waals surface area contributed by atoms with E-state index in [1.807, 2.05) is 12.1 Å². The van der Waals surface area contributed by atoms with Crippen LogP contribution in [0, 0.1) is 0 Å². The maximum absolute atomic E-state index is 9.96. The number of rotatable bonds is 4. The molecule has 2 aliphatic heterocycles. The maximum Gasteiger partial charge on any atom is 0.0643 e. The molecule has 2 saturated heterocycles. The van der Waals surface area contributed by atoms with Gasteiger partial charge in [0.1, 0.15) is 0 Å². The van der Waals surface area contributed by atoms with Gasteiger partial charge in [-0.1, -0.05) is 30.7 Å². The van der Waals surface area contributed by atoms with Gasteiger partial charge in [0, 0.05) is 18.6 Å². The molecule has 2 unspecified atom stereocenters. The van der Waals surface area contributed by atoms with Crippen molar-refractivity contribution in [1.82, 2.24) is 5.32 Å². The Labute approximate surface area is 125 Å². The van der Waals surface area contributed by atoms with Gasteiger partial charge in [0.15, 0.2) is 0 Å². The summed E-state index contributed by atoms with van der Waals surface area (Å²) in [4.78, 5) is 2.49. The van der Waals surface area contributed by atoms with Crippen molar-refractivity contribution < 1.29 is 5.11 Å². The van der Waals surface area contributed by atoms with E-state index in [1.165, 1.54) is 24.1 Å². The van der Waals surface area contributed by atoms with E-state index in [-0.39, 0.29) is 6.10 Å². The Hall–Kier alpha value is -0.770. The van der Waals surface area contributed by atoms with E-state index in [9.17, 15) is 5.11 Å². The summed E-state index contributed by atoms with van der Waals surface area (Å²) in [5, 5.41) is 14.2. The van der Waals surface area contributed by atoms with Crippen LogP contribution in [-0.4, -0.2) is 29.8 Å². The van der Waals surface area contributed by atoms with E-state index < -0.39 is 0 Å². The van der Waals surface area contributed by atoms with Crippen LogP contribution in [0.2, 0.25) is 5.02 Å². The fraction of sp³-hybridized carbons (Fsp3) is 0.625. The SMILES string of the molecule is CCNCc1cccc(Cl)c1N1C2CCC1CC(O)C2. The minimum atomic E-state index is -0.136. The minimum absolute atomic E-state index is 0.136. The lowest BCUT2D eigenvalue weighted by Crippen LogP contribution is -2.45. The number of fused-ring (bicyclic) bond motifs is 2. The Morgan fingerprint density at radius 3 is 2.65 bits per heavy atom. The number of para-hydroxylation sites is 1. The fourth-order valence-electron chi connectivity index (χ4n) is 3.76. The number of nitrogens with one attached hydrogen (secondary N) is 1. The average molecular weight is 295 g/mol. The van der Waals surface area contributed by atoms with Gasteiger partial charge >= 0.3 is 0 Å². The second-order valence-corrected chi connectivity index (χ2v) is 6.35. The molecule has 0 spiro atoms. The van der Waals surface area contributed by atoms with Gasteiger partial charge in [-0.05, 0) is 43.9 Å². The van der Waals surface area contributed by atoms with E-state index in [2.05, 4.69) is 23.2 Å². The fourth-order valence-corrected chi connectivity index (χ4v) is 4.06. The van der Waals surface area contributed by atoms with Crippen molar-refractivity contribution in [3.63, 3.8) is 0 Å². The molecule has 0 saturated carbocycles. The van der Waals surface area contributed by atoms with Crippen LogP contribution in [0.25, 0.3) is 0 Å². The third-order valence-electron chi connectivity index (χ3n) is 4.60. The molecule has 2 bridgehead atoms. The van der Waals surface area contributed by atoms with Gasteiger partial charge in [0.05, 0.1) is 16.8 Å². The summed E-state index contributed by atoms with van der Waals surface area (Å²) >= 11 is 6.50. The van der Waals surface area contributed by atoms with Crippen LogP contribution in [0.3, 0.4) is 0 Å². The van der Waals surface area contributed by atoms with Crippen molar-refractivity contribution in [2.24, 2.45) is 0 Å². The number of anilines is 1. The number of aliphatic hydroxyl groups is 1. The standard InChI is InChI=1S/C16H23ClN2O/c1-2-18-10-11-4-3-5-15(17)16(11)19-12-6-7-13(19)9-14(20)8-12/h3-5,12-14,18,20H,2,6-10H2,1H3. The van der Waals surface area contributed by atoms with Gasteiger partial charge in [0.2, 0.25) is 0 Å². The van der Waals surface area contributed by atoms with E-state index in [0.717, 1.165) is 31.0 Å². The van der Waals surface area contributed by atoms with Gasteiger partial charge in [-0.15, -0.1) is 0 Å². The third-order valence-corrected chi connectivity index (χ3v) is 4.91. The van der Waals surface area contributed by atoms with Crippen molar-refractivity contribution in [3.05, 3.63) is 28.8 Å². The van der Waals surface area contributed by atoms with Crippen molar-refractivity contribution in [3.8, 4) is 0 Å². The number of hydrogen-bond donors (Lipinski definition) is 2. The maximum atomic E-state index is 9.96. The van der Waals surface area contributed by atoms with Crippen molar-refractivity contribution in [2.45, 2.75) is 57.3 Å². The van der Waals surface area contributed by atoms with Crippen LogP contribution >= 0.6 is 11.6 Å². The molecule has 4 heteroatoms. The molecule has 0 aromatic heterocycles. The molecule has 0 aliphatic carbocycles. The molecule has 3 rings (SSSR count). The highest BCUT2D eigenvalue weighted by atomic mass is 35.5. The first-order chi connectivity index (χ1) is 9.70. The molecule has 20 heavy (non-hydrogen) atoms. The summed E-state index contributed by atoms with van der Waals surface area (Å²) < 4.78 is 0. The third kappa shape index (κ3) is 2.54. The Morgan fingerprint density at radius 1 is 1.30 bits per heavy atom. The molecule has 0 radical (unpaired) electrons. The zero-order valence-corrected chi connectivity index (χ0v) is 12.7. The highest BCUT2D eigenvalue weighted by Crippen LogP contribution is 2.43. The number of nitrogens with zero attached hydrogens (tertiary/aromatic N) is 1. The van der Waals surface area contributed by atoms with Crippen LogP contribution in [0.4, 0.5) is 5.69 Å². The molecule has 1 aromatic carbocycles. The van der Waals surface area contributed by atoms with Crippen molar-refractivity contribution in [2.75, 3.05) is 11.4 Å². The molecule has 3 nitrogen and oxygen atoms in total. The lowest BCUT2D eigenvalue weighted by Gasteiger charge is -2.40. The average Bonchev–Trinajstić information content (AvgIpc) is 2.68. The van der Waals surface area contributed by atoms with E-state index in [1.54, 1.807) is 0 Å². The second kappa shape index (κ2) is 5.92. The Morgan fingerprint density at radius 2 is 2.00 bits per heavy atom. The Bertz CT molecular complexity index is 466. The molecule has 2 fully saturated rings. The summed E-state index contributed by atoms with van der Waals surface area (Å²) in [5.74, 6) is 0. The Kier molecular flexibility index (Phi) is 4.20. The molecule has 2 heterocycles. The van der Waals surface area contributed by atoms with Gasteiger partial charge < -0.3 is 15.3 Å². The molecular weight excluding hydrogens is 272 g/mol. The normalized spacial score (nSPS) is 28.9. The van der Waals surface area contributed by atoms with Crippen molar-refractivity contribution in [1.29, 1.82) is 0 Å². The quantitative estimate of drug-likeness (QED) is 0.896. The zero-order chi connectivity index (χ0) is 14.1. The predicted octanol–water partition coefficient (Wildman–Crippen LogP) is 2.94. The largest absolute Gasteiger partial charge is 0.393 e. The highest BCUT2D eigenvalue weighted by molar-refractivity contribution is 6.33. The molecule has 0 amide bonds. The summed E-state index contributed by atoms with van der Waals surface area (Å²) in [5.41, 5.74) is 2.46. The molecule has 2 atom stereocenters. The molecular formula is C16H23ClN2O. The van der Waals surface area contributed by atoms with Crippen LogP contribution < -0.4 is 10.2 Å². The first-order valence-electron chi connectivity index (χ1n) is 7.65. The summed E-state index contributed by atoms with van der Waals surface area (Å²) in [6, 6.07) is 7.07. The van der Waals surface area contributed by atoms with E-state index >= 15 is 0 Å². The van der Waals surface area contributed by atoms with E-state index in [0.29, 0.717) is 12.1 Å². The number of piperidine rings is 1. The van der Waals surface area contributed by atoms with Gasteiger partial charge in [-0.2, -0.15) is 0 Å². The highest BCUT2D eigenvalue weighted by Gasteiger charge is 2.41. The topological polar surface area (TPSA) is 35.5 Å². The zero-order valence-electron chi connectivity index (χ0n) is 12.0. The number of halogens is 1. The first kappa shape index (κ1) is 14.2. The van der Waals surface area contributed by atoms with Gasteiger partial charge in [-0.3, -0.25) is 0 Å². The number of hydrogen-bond acceptors (Lipinski definition) is 3. The van der Waals surface area contributed by atoms with Crippen molar-refractivity contribution >= 4 is 17.3 Å². The lowest BCUT2D eigenvalue weighted by molar-refractivity contribution is 0.126. The second-order valence-electron chi connectivity index (χ2n) is 5.95. The van der Waals surface area contributed by atoms with Crippen LogP contribution in [-0.2, 0) is 6.54 Å². The van der Waals surface area contributed by atoms with E-state index in [4.69, 9.17) is 11.6 Å². The van der Waals surface area contributed by atoms with Crippen LogP contribution in [0.15, 0.2) is 18.2 Å². The first-order valence-corrected chi connectivity index (χ1v) is 8.03. The monoisotopic (exact) mass is 294 g/mol. The Balaban J connectivity index is 1.93. The van der Waals surface area contributed by atoms with Crippen LogP contribution in [0.1, 0.15) is 38.2 Å². The summed E-state index contributed by atoms with van der Waals surface area (Å²) in [6.07, 6.45) is 3.97. The lowest BCUT2D eigenvalue weighted by atomic mass is 9.97. The number of benzene rings is 1. The molecule has 110 valence electrons. The van der Waals surface area contributed by atoms with Crippen LogP contribution in [0.5, 0.6) is 0 Å². The van der Waals surface area contributed by atoms with Gasteiger partial charge in [0.25, 0.3) is 0 Å².